The van der Waals surface area contributed by atoms with Crippen molar-refractivity contribution in [3.05, 3.63) is 54.2 Å². The zero-order valence-corrected chi connectivity index (χ0v) is 15.1. The number of anilines is 1. The molecule has 0 atom stereocenters. The summed E-state index contributed by atoms with van der Waals surface area (Å²) in [6, 6.07) is 11.0. The van der Waals surface area contributed by atoms with Gasteiger partial charge in [-0.05, 0) is 36.4 Å². The lowest BCUT2D eigenvalue weighted by Gasteiger charge is -2.35. The van der Waals surface area contributed by atoms with E-state index in [1.807, 2.05) is 18.2 Å². The van der Waals surface area contributed by atoms with E-state index >= 15 is 0 Å². The highest BCUT2D eigenvalue weighted by atomic mass is 19.3. The molecule has 2 amide bonds. The fraction of sp³-hybridized carbons (Fsp3) is 0.316. The van der Waals surface area contributed by atoms with E-state index in [1.54, 1.807) is 11.1 Å². The highest BCUT2D eigenvalue weighted by molar-refractivity contribution is 5.96. The van der Waals surface area contributed by atoms with Crippen LogP contribution in [0.15, 0.2) is 48.7 Å². The lowest BCUT2D eigenvalue weighted by molar-refractivity contribution is -0.130. The first kappa shape index (κ1) is 19.5. The van der Waals surface area contributed by atoms with Gasteiger partial charge in [0.15, 0.2) is 0 Å². The summed E-state index contributed by atoms with van der Waals surface area (Å²) in [6.45, 7) is -0.617. The zero-order chi connectivity index (χ0) is 19.9. The number of alkyl halides is 2. The van der Waals surface area contributed by atoms with Crippen LogP contribution in [0.4, 0.5) is 14.6 Å². The molecule has 2 aromatic rings. The van der Waals surface area contributed by atoms with Crippen LogP contribution < -0.4 is 15.0 Å². The Hall–Kier alpha value is -3.23. The molecule has 3 rings (SSSR count). The van der Waals surface area contributed by atoms with E-state index in [0.717, 1.165) is 5.82 Å². The summed E-state index contributed by atoms with van der Waals surface area (Å²) in [5, 5.41) is 2.55. The first-order valence-electron chi connectivity index (χ1n) is 8.80. The fourth-order valence-corrected chi connectivity index (χ4v) is 2.88. The Kier molecular flexibility index (Phi) is 6.36. The van der Waals surface area contributed by atoms with Gasteiger partial charge in [-0.2, -0.15) is 8.78 Å². The smallest absolute Gasteiger partial charge is 0.387 e. The molecule has 0 aliphatic carbocycles. The molecule has 7 nitrogen and oxygen atoms in total. The van der Waals surface area contributed by atoms with Gasteiger partial charge in [0, 0.05) is 37.9 Å². The van der Waals surface area contributed by atoms with Gasteiger partial charge in [0.2, 0.25) is 5.91 Å². The fourth-order valence-electron chi connectivity index (χ4n) is 2.88. The molecule has 1 N–H and O–H groups in total. The number of carbonyl (C=O) groups excluding carboxylic acids is 2. The number of hydrogen-bond donors (Lipinski definition) is 1. The van der Waals surface area contributed by atoms with Gasteiger partial charge < -0.3 is 19.9 Å². The molecule has 0 radical (unpaired) electrons. The van der Waals surface area contributed by atoms with Crippen LogP contribution in [0.1, 0.15) is 10.4 Å². The van der Waals surface area contributed by atoms with Gasteiger partial charge in [-0.3, -0.25) is 9.59 Å². The number of nitrogens with zero attached hydrogens (tertiary/aromatic N) is 3. The maximum atomic E-state index is 12.3. The molecule has 1 aliphatic rings. The molecule has 0 bridgehead atoms. The third-order valence-corrected chi connectivity index (χ3v) is 4.35. The predicted octanol–water partition coefficient (Wildman–Crippen LogP) is 1.76. The number of benzene rings is 1. The maximum Gasteiger partial charge on any atom is 0.387 e. The summed E-state index contributed by atoms with van der Waals surface area (Å²) >= 11 is 0. The zero-order valence-electron chi connectivity index (χ0n) is 15.1. The molecule has 148 valence electrons. The van der Waals surface area contributed by atoms with Crippen LogP contribution in [0, 0.1) is 0 Å². The van der Waals surface area contributed by atoms with E-state index in [-0.39, 0.29) is 23.8 Å². The number of piperazine rings is 1. The minimum Gasteiger partial charge on any atom is -0.435 e. The van der Waals surface area contributed by atoms with Crippen molar-refractivity contribution in [1.82, 2.24) is 15.2 Å². The standard InChI is InChI=1S/C19H20F2N4O3/c20-19(21)28-15-6-4-14(5-7-15)18(27)23-13-17(26)25-11-9-24(10-12-25)16-3-1-2-8-22-16/h1-8,19H,9-13H2,(H,23,27). The normalized spacial score (nSPS) is 14.1. The number of aromatic nitrogens is 1. The molecule has 1 aliphatic heterocycles. The second kappa shape index (κ2) is 9.12. The van der Waals surface area contributed by atoms with E-state index in [9.17, 15) is 18.4 Å². The lowest BCUT2D eigenvalue weighted by Crippen LogP contribution is -2.51. The Morgan fingerprint density at radius 3 is 2.39 bits per heavy atom. The summed E-state index contributed by atoms with van der Waals surface area (Å²) < 4.78 is 28.5. The molecular weight excluding hydrogens is 370 g/mol. The molecule has 1 fully saturated rings. The number of carbonyl (C=O) groups is 2. The molecule has 1 aromatic carbocycles. The second-order valence-electron chi connectivity index (χ2n) is 6.14. The summed E-state index contributed by atoms with van der Waals surface area (Å²) in [6.07, 6.45) is 1.73. The molecule has 0 saturated carbocycles. The van der Waals surface area contributed by atoms with Gasteiger partial charge in [0.25, 0.3) is 5.91 Å². The summed E-state index contributed by atoms with van der Waals surface area (Å²) in [7, 11) is 0. The van der Waals surface area contributed by atoms with E-state index in [0.29, 0.717) is 26.2 Å². The van der Waals surface area contributed by atoms with Crippen molar-refractivity contribution in [2.45, 2.75) is 6.61 Å². The van der Waals surface area contributed by atoms with Crippen molar-refractivity contribution in [3.8, 4) is 5.75 Å². The highest BCUT2D eigenvalue weighted by Crippen LogP contribution is 2.15. The van der Waals surface area contributed by atoms with E-state index in [4.69, 9.17) is 0 Å². The molecule has 0 unspecified atom stereocenters. The van der Waals surface area contributed by atoms with Gasteiger partial charge in [0.1, 0.15) is 11.6 Å². The Bertz CT molecular complexity index is 795. The van der Waals surface area contributed by atoms with Crippen molar-refractivity contribution >= 4 is 17.6 Å². The van der Waals surface area contributed by atoms with Crippen LogP contribution in [0.25, 0.3) is 0 Å². The third-order valence-electron chi connectivity index (χ3n) is 4.35. The molecule has 2 heterocycles. The van der Waals surface area contributed by atoms with Crippen LogP contribution in [0.3, 0.4) is 0 Å². The Morgan fingerprint density at radius 2 is 1.79 bits per heavy atom. The largest absolute Gasteiger partial charge is 0.435 e. The van der Waals surface area contributed by atoms with Crippen LogP contribution in [0.5, 0.6) is 5.75 Å². The van der Waals surface area contributed by atoms with Crippen molar-refractivity contribution in [2.75, 3.05) is 37.6 Å². The van der Waals surface area contributed by atoms with E-state index in [2.05, 4.69) is 19.9 Å². The molecule has 1 aromatic heterocycles. The molecule has 28 heavy (non-hydrogen) atoms. The quantitative estimate of drug-likeness (QED) is 0.814. The van der Waals surface area contributed by atoms with Gasteiger partial charge in [-0.15, -0.1) is 0 Å². The number of halogens is 2. The summed E-state index contributed by atoms with van der Waals surface area (Å²) in [5.41, 5.74) is 0.259. The second-order valence-corrected chi connectivity index (χ2v) is 6.14. The summed E-state index contributed by atoms with van der Waals surface area (Å²) in [4.78, 5) is 32.5. The van der Waals surface area contributed by atoms with Crippen LogP contribution in [0.2, 0.25) is 0 Å². The Balaban J connectivity index is 1.44. The molecule has 9 heteroatoms. The minimum atomic E-state index is -2.92. The molecule has 0 spiro atoms. The average Bonchev–Trinajstić information content (AvgIpc) is 2.72. The maximum absolute atomic E-state index is 12.3. The van der Waals surface area contributed by atoms with Gasteiger partial charge in [-0.25, -0.2) is 4.98 Å². The molecular formula is C19H20F2N4O3. The Labute approximate surface area is 160 Å². The van der Waals surface area contributed by atoms with Crippen molar-refractivity contribution in [3.63, 3.8) is 0 Å². The van der Waals surface area contributed by atoms with Crippen molar-refractivity contribution in [1.29, 1.82) is 0 Å². The predicted molar refractivity (Wildman–Crippen MR) is 98.4 cm³/mol. The van der Waals surface area contributed by atoms with Crippen LogP contribution >= 0.6 is 0 Å². The van der Waals surface area contributed by atoms with E-state index < -0.39 is 12.5 Å². The highest BCUT2D eigenvalue weighted by Gasteiger charge is 2.22. The van der Waals surface area contributed by atoms with Gasteiger partial charge in [0.05, 0.1) is 6.54 Å². The number of amides is 2. The topological polar surface area (TPSA) is 74.8 Å². The van der Waals surface area contributed by atoms with Crippen molar-refractivity contribution < 1.29 is 23.1 Å². The Morgan fingerprint density at radius 1 is 1.07 bits per heavy atom. The number of ether oxygens (including phenoxy) is 1. The minimum absolute atomic E-state index is 0.0339. The van der Waals surface area contributed by atoms with Crippen molar-refractivity contribution in [2.24, 2.45) is 0 Å². The van der Waals surface area contributed by atoms with Crippen LogP contribution in [-0.4, -0.2) is 61.0 Å². The van der Waals surface area contributed by atoms with Crippen LogP contribution in [-0.2, 0) is 4.79 Å². The SMILES string of the molecule is O=C(NCC(=O)N1CCN(c2ccccn2)CC1)c1ccc(OC(F)F)cc1. The number of pyridine rings is 1. The number of hydrogen-bond acceptors (Lipinski definition) is 5. The monoisotopic (exact) mass is 390 g/mol. The lowest BCUT2D eigenvalue weighted by atomic mass is 10.2. The average molecular weight is 390 g/mol. The summed E-state index contributed by atoms with van der Waals surface area (Å²) in [5.74, 6) is 0.214. The third kappa shape index (κ3) is 5.15. The van der Waals surface area contributed by atoms with Gasteiger partial charge in [-0.1, -0.05) is 6.07 Å². The van der Waals surface area contributed by atoms with E-state index in [1.165, 1.54) is 24.3 Å². The first-order chi connectivity index (χ1) is 13.5. The first-order valence-corrected chi connectivity index (χ1v) is 8.80. The van der Waals surface area contributed by atoms with Gasteiger partial charge >= 0.3 is 6.61 Å². The number of rotatable bonds is 6. The number of nitrogens with one attached hydrogen (secondary N) is 1. The molecule has 1 saturated heterocycles.